The maximum atomic E-state index is 12.3. The van der Waals surface area contributed by atoms with Crippen LogP contribution in [0.4, 0.5) is 0 Å². The molecule has 2 amide bonds. The van der Waals surface area contributed by atoms with Crippen molar-refractivity contribution in [2.45, 2.75) is 44.8 Å². The Kier molecular flexibility index (Phi) is 5.41. The first-order valence-corrected chi connectivity index (χ1v) is 7.79. The fourth-order valence-corrected chi connectivity index (χ4v) is 2.28. The Morgan fingerprint density at radius 3 is 2.91 bits per heavy atom. The van der Waals surface area contributed by atoms with E-state index in [4.69, 9.17) is 0 Å². The van der Waals surface area contributed by atoms with E-state index < -0.39 is 11.6 Å². The third-order valence-corrected chi connectivity index (χ3v) is 3.48. The van der Waals surface area contributed by atoms with E-state index in [1.807, 2.05) is 0 Å². The molecule has 1 unspecified atom stereocenters. The molecule has 5 nitrogen and oxygen atoms in total. The summed E-state index contributed by atoms with van der Waals surface area (Å²) in [4.78, 5) is 24.2. The maximum absolute atomic E-state index is 12.3. The van der Waals surface area contributed by atoms with E-state index in [1.165, 1.54) is 0 Å². The summed E-state index contributed by atoms with van der Waals surface area (Å²) in [7, 11) is 0. The van der Waals surface area contributed by atoms with Crippen LogP contribution in [0, 0.1) is 11.8 Å². The molecule has 1 aliphatic heterocycles. The van der Waals surface area contributed by atoms with Gasteiger partial charge >= 0.3 is 0 Å². The van der Waals surface area contributed by atoms with Crippen LogP contribution in [-0.4, -0.2) is 35.1 Å². The van der Waals surface area contributed by atoms with Crippen molar-refractivity contribution in [2.24, 2.45) is 0 Å². The molecule has 0 aromatic heterocycles. The molecule has 3 N–H and O–H groups in total. The van der Waals surface area contributed by atoms with E-state index in [9.17, 15) is 14.7 Å². The van der Waals surface area contributed by atoms with Gasteiger partial charge < -0.3 is 15.7 Å². The quantitative estimate of drug-likeness (QED) is 0.718. The number of hydrogen-bond acceptors (Lipinski definition) is 3. The van der Waals surface area contributed by atoms with Gasteiger partial charge in [0.2, 0.25) is 5.91 Å². The topological polar surface area (TPSA) is 78.4 Å². The zero-order chi connectivity index (χ0) is 16.9. The predicted octanol–water partition coefficient (Wildman–Crippen LogP) is 1.21. The highest BCUT2D eigenvalue weighted by molar-refractivity contribution is 5.97. The van der Waals surface area contributed by atoms with Crippen LogP contribution < -0.4 is 10.6 Å². The lowest BCUT2D eigenvalue weighted by Gasteiger charge is -2.15. The van der Waals surface area contributed by atoms with Crippen molar-refractivity contribution in [3.05, 3.63) is 35.4 Å². The summed E-state index contributed by atoms with van der Waals surface area (Å²) in [6.07, 6.45) is 2.48. The van der Waals surface area contributed by atoms with Crippen molar-refractivity contribution < 1.29 is 14.7 Å². The average molecular weight is 314 g/mol. The van der Waals surface area contributed by atoms with Gasteiger partial charge in [-0.2, -0.15) is 0 Å². The highest BCUT2D eigenvalue weighted by Crippen LogP contribution is 2.09. The van der Waals surface area contributed by atoms with Crippen LogP contribution in [0.5, 0.6) is 0 Å². The maximum Gasteiger partial charge on any atom is 0.251 e. The van der Waals surface area contributed by atoms with Crippen molar-refractivity contribution in [3.63, 3.8) is 0 Å². The molecule has 0 saturated carbocycles. The molecule has 0 bridgehead atoms. The summed E-state index contributed by atoms with van der Waals surface area (Å²) >= 11 is 0. The van der Waals surface area contributed by atoms with E-state index in [0.717, 1.165) is 12.8 Å². The van der Waals surface area contributed by atoms with Crippen molar-refractivity contribution in [3.8, 4) is 11.8 Å². The molecule has 1 heterocycles. The summed E-state index contributed by atoms with van der Waals surface area (Å²) in [6.45, 7) is 3.86. The Bertz CT molecular complexity index is 650. The molecule has 1 aliphatic rings. The van der Waals surface area contributed by atoms with Crippen molar-refractivity contribution in [1.29, 1.82) is 0 Å². The molecule has 23 heavy (non-hydrogen) atoms. The molecular formula is C18H22N2O3. The number of nitrogens with one attached hydrogen (secondary N) is 2. The van der Waals surface area contributed by atoms with Crippen molar-refractivity contribution in [1.82, 2.24) is 10.6 Å². The number of hydrogen-bond donors (Lipinski definition) is 3. The number of rotatable bonds is 2. The molecule has 5 heteroatoms. The Labute approximate surface area is 136 Å². The van der Waals surface area contributed by atoms with Crippen LogP contribution in [0.25, 0.3) is 0 Å². The third kappa shape index (κ3) is 5.42. The Morgan fingerprint density at radius 1 is 1.39 bits per heavy atom. The summed E-state index contributed by atoms with van der Waals surface area (Å²) in [5.41, 5.74) is 0.00569. The minimum Gasteiger partial charge on any atom is -0.378 e. The highest BCUT2D eigenvalue weighted by atomic mass is 16.3. The van der Waals surface area contributed by atoms with E-state index in [2.05, 4.69) is 22.5 Å². The lowest BCUT2D eigenvalue weighted by atomic mass is 10.1. The lowest BCUT2D eigenvalue weighted by Crippen LogP contribution is -2.45. The SMILES string of the molecule is CC(C)(O)C#Cc1cccc(C(=O)NC2CCCCNC2=O)c1. The minimum absolute atomic E-state index is 0.131. The van der Waals surface area contributed by atoms with Crippen LogP contribution in [0.1, 0.15) is 49.0 Å². The lowest BCUT2D eigenvalue weighted by molar-refractivity contribution is -0.122. The van der Waals surface area contributed by atoms with E-state index in [-0.39, 0.29) is 11.8 Å². The Morgan fingerprint density at radius 2 is 2.17 bits per heavy atom. The van der Waals surface area contributed by atoms with Gasteiger partial charge in [0.1, 0.15) is 11.6 Å². The fraction of sp³-hybridized carbons (Fsp3) is 0.444. The Hall–Kier alpha value is -2.32. The largest absolute Gasteiger partial charge is 0.378 e. The van der Waals surface area contributed by atoms with Gasteiger partial charge in [-0.25, -0.2) is 0 Å². The second-order valence-corrected chi connectivity index (χ2v) is 6.20. The minimum atomic E-state index is -1.09. The predicted molar refractivity (Wildman–Crippen MR) is 87.7 cm³/mol. The first-order valence-electron chi connectivity index (χ1n) is 7.79. The summed E-state index contributed by atoms with van der Waals surface area (Å²) in [6, 6.07) is 6.35. The Balaban J connectivity index is 2.10. The van der Waals surface area contributed by atoms with Gasteiger partial charge in [0.15, 0.2) is 0 Å². The molecule has 1 aromatic rings. The van der Waals surface area contributed by atoms with Gasteiger partial charge in [-0.15, -0.1) is 0 Å². The normalized spacial score (nSPS) is 18.2. The molecule has 2 rings (SSSR count). The van der Waals surface area contributed by atoms with Crippen molar-refractivity contribution >= 4 is 11.8 Å². The van der Waals surface area contributed by atoms with Crippen LogP contribution in [0.3, 0.4) is 0 Å². The molecular weight excluding hydrogens is 292 g/mol. The molecule has 1 saturated heterocycles. The van der Waals surface area contributed by atoms with Crippen LogP contribution in [0.15, 0.2) is 24.3 Å². The number of aliphatic hydroxyl groups is 1. The number of benzene rings is 1. The number of carbonyl (C=O) groups is 2. The molecule has 1 atom stereocenters. The highest BCUT2D eigenvalue weighted by Gasteiger charge is 2.22. The monoisotopic (exact) mass is 314 g/mol. The number of amides is 2. The molecule has 1 aromatic carbocycles. The molecule has 122 valence electrons. The van der Waals surface area contributed by atoms with Gasteiger partial charge in [0.05, 0.1) is 0 Å². The zero-order valence-corrected chi connectivity index (χ0v) is 13.5. The van der Waals surface area contributed by atoms with Gasteiger partial charge in [0.25, 0.3) is 5.91 Å². The van der Waals surface area contributed by atoms with E-state index in [0.29, 0.717) is 24.1 Å². The summed E-state index contributed by atoms with van der Waals surface area (Å²) < 4.78 is 0. The third-order valence-electron chi connectivity index (χ3n) is 3.48. The molecule has 0 aliphatic carbocycles. The number of carbonyl (C=O) groups excluding carboxylic acids is 2. The summed E-state index contributed by atoms with van der Waals surface area (Å²) in [5.74, 6) is 5.13. The van der Waals surface area contributed by atoms with Gasteiger partial charge in [0, 0.05) is 17.7 Å². The molecule has 0 radical (unpaired) electrons. The molecule has 1 fully saturated rings. The second-order valence-electron chi connectivity index (χ2n) is 6.20. The van der Waals surface area contributed by atoms with Gasteiger partial charge in [-0.1, -0.05) is 17.9 Å². The van der Waals surface area contributed by atoms with Crippen LogP contribution in [0.2, 0.25) is 0 Å². The standard InChI is InChI=1S/C18H22N2O3/c1-18(2,23)10-9-13-6-5-7-14(12-13)16(21)20-15-8-3-4-11-19-17(15)22/h5-7,12,15,23H,3-4,8,11H2,1-2H3,(H,19,22)(H,20,21). The van der Waals surface area contributed by atoms with Gasteiger partial charge in [-0.3, -0.25) is 9.59 Å². The van der Waals surface area contributed by atoms with Crippen molar-refractivity contribution in [2.75, 3.05) is 6.54 Å². The first kappa shape index (κ1) is 17.0. The average Bonchev–Trinajstić information content (AvgIpc) is 2.70. The fourth-order valence-electron chi connectivity index (χ4n) is 2.28. The first-order chi connectivity index (χ1) is 10.8. The van der Waals surface area contributed by atoms with E-state index >= 15 is 0 Å². The van der Waals surface area contributed by atoms with Crippen LogP contribution >= 0.6 is 0 Å². The van der Waals surface area contributed by atoms with Gasteiger partial charge in [-0.05, 0) is 51.3 Å². The summed E-state index contributed by atoms with van der Waals surface area (Å²) in [5, 5.41) is 15.2. The molecule has 0 spiro atoms. The van der Waals surface area contributed by atoms with Crippen LogP contribution in [-0.2, 0) is 4.79 Å². The zero-order valence-electron chi connectivity index (χ0n) is 13.5. The van der Waals surface area contributed by atoms with E-state index in [1.54, 1.807) is 38.1 Å². The smallest absolute Gasteiger partial charge is 0.251 e. The second kappa shape index (κ2) is 7.30.